The van der Waals surface area contributed by atoms with Crippen LogP contribution in [0.1, 0.15) is 22.8 Å². The predicted molar refractivity (Wildman–Crippen MR) is 103 cm³/mol. The van der Waals surface area contributed by atoms with Crippen LogP contribution >= 0.6 is 11.8 Å². The number of ketones is 1. The number of sulfonamides is 1. The van der Waals surface area contributed by atoms with E-state index in [2.05, 4.69) is 0 Å². The Morgan fingerprint density at radius 1 is 1.07 bits per heavy atom. The molecule has 0 aliphatic rings. The van der Waals surface area contributed by atoms with E-state index in [1.54, 1.807) is 17.8 Å². The second kappa shape index (κ2) is 8.98. The third-order valence-corrected chi connectivity index (χ3v) is 5.98. The second-order valence-corrected chi connectivity index (χ2v) is 8.25. The average Bonchev–Trinajstić information content (AvgIpc) is 2.66. The third-order valence-electron chi connectivity index (χ3n) is 3.68. The van der Waals surface area contributed by atoms with Gasteiger partial charge in [-0.2, -0.15) is 0 Å². The van der Waals surface area contributed by atoms with Crippen molar-refractivity contribution in [3.63, 3.8) is 0 Å². The maximum absolute atomic E-state index is 12.2. The summed E-state index contributed by atoms with van der Waals surface area (Å²) < 4.78 is 26.2. The molecule has 0 saturated carbocycles. The first-order valence-electron chi connectivity index (χ1n) is 7.92. The lowest BCUT2D eigenvalue weighted by molar-refractivity contribution is -0.307. The lowest BCUT2D eigenvalue weighted by Crippen LogP contribution is -2.45. The molecule has 1 N–H and O–H groups in total. The fourth-order valence-corrected chi connectivity index (χ4v) is 3.73. The van der Waals surface area contributed by atoms with E-state index >= 15 is 0 Å². The normalized spacial score (nSPS) is 12.8. The number of nitrogens with one attached hydrogen (secondary N) is 1. The summed E-state index contributed by atoms with van der Waals surface area (Å²) in [4.78, 5) is 23.9. The number of benzene rings is 2. The summed E-state index contributed by atoms with van der Waals surface area (Å²) in [5.74, 6) is -1.80. The molecule has 2 aromatic rings. The smallest absolute Gasteiger partial charge is 0.241 e. The SMILES string of the molecule is CSc1ccc(/C=C/C(=O)c2ccc(S(=O)(=O)N[C@@H](C)C(=O)[O-])cc2)cc1. The highest BCUT2D eigenvalue weighted by atomic mass is 32.2. The highest BCUT2D eigenvalue weighted by molar-refractivity contribution is 7.98. The van der Waals surface area contributed by atoms with Crippen LogP contribution in [0.5, 0.6) is 0 Å². The van der Waals surface area contributed by atoms with Crippen molar-refractivity contribution >= 4 is 39.6 Å². The first kappa shape index (κ1) is 20.9. The van der Waals surface area contributed by atoms with Gasteiger partial charge >= 0.3 is 0 Å². The van der Waals surface area contributed by atoms with Gasteiger partial charge in [-0.15, -0.1) is 11.8 Å². The van der Waals surface area contributed by atoms with E-state index in [1.165, 1.54) is 37.3 Å². The average molecular weight is 404 g/mol. The highest BCUT2D eigenvalue weighted by Crippen LogP contribution is 2.16. The molecule has 0 bridgehead atoms. The summed E-state index contributed by atoms with van der Waals surface area (Å²) in [5, 5.41) is 10.7. The number of rotatable bonds is 8. The van der Waals surface area contributed by atoms with Crippen LogP contribution in [0.15, 0.2) is 64.4 Å². The molecule has 2 rings (SSSR count). The number of allylic oxidation sites excluding steroid dienone is 1. The van der Waals surface area contributed by atoms with Gasteiger partial charge in [0.25, 0.3) is 0 Å². The van der Waals surface area contributed by atoms with Crippen molar-refractivity contribution in [3.8, 4) is 0 Å². The van der Waals surface area contributed by atoms with Crippen LogP contribution in [0.3, 0.4) is 0 Å². The predicted octanol–water partition coefficient (Wildman–Crippen LogP) is 1.72. The second-order valence-electron chi connectivity index (χ2n) is 5.66. The number of carboxylic acid groups (broad SMARTS) is 1. The topological polar surface area (TPSA) is 103 Å². The Morgan fingerprint density at radius 3 is 2.19 bits per heavy atom. The molecule has 0 aliphatic carbocycles. The lowest BCUT2D eigenvalue weighted by Gasteiger charge is -2.14. The zero-order valence-corrected chi connectivity index (χ0v) is 16.3. The van der Waals surface area contributed by atoms with Crippen molar-refractivity contribution in [2.24, 2.45) is 0 Å². The molecule has 0 unspecified atom stereocenters. The molecule has 142 valence electrons. The van der Waals surface area contributed by atoms with Gasteiger partial charge < -0.3 is 9.90 Å². The van der Waals surface area contributed by atoms with Crippen molar-refractivity contribution in [2.45, 2.75) is 22.8 Å². The summed E-state index contributed by atoms with van der Waals surface area (Å²) in [5.41, 5.74) is 1.19. The first-order chi connectivity index (χ1) is 12.7. The summed E-state index contributed by atoms with van der Waals surface area (Å²) in [6, 6.07) is 11.6. The van der Waals surface area contributed by atoms with Gasteiger partial charge in [0.05, 0.1) is 16.9 Å². The van der Waals surface area contributed by atoms with Crippen LogP contribution in [0.25, 0.3) is 6.08 Å². The van der Waals surface area contributed by atoms with Crippen molar-refractivity contribution in [3.05, 3.63) is 65.7 Å². The van der Waals surface area contributed by atoms with E-state index in [1.807, 2.05) is 35.2 Å². The number of aliphatic carboxylic acids is 1. The van der Waals surface area contributed by atoms with Crippen LogP contribution in [-0.4, -0.2) is 32.5 Å². The molecular weight excluding hydrogens is 386 g/mol. The Hall–Kier alpha value is -2.42. The fraction of sp³-hybridized carbons (Fsp3) is 0.158. The summed E-state index contributed by atoms with van der Waals surface area (Å²) >= 11 is 1.63. The molecular formula is C19H18NO5S2-. The van der Waals surface area contributed by atoms with Crippen LogP contribution < -0.4 is 9.83 Å². The minimum Gasteiger partial charge on any atom is -0.548 e. The van der Waals surface area contributed by atoms with Crippen molar-refractivity contribution in [1.82, 2.24) is 4.72 Å². The van der Waals surface area contributed by atoms with Crippen molar-refractivity contribution < 1.29 is 23.1 Å². The third kappa shape index (κ3) is 5.78. The number of carbonyl (C=O) groups excluding carboxylic acids is 2. The molecule has 0 aliphatic heterocycles. The number of carbonyl (C=O) groups is 2. The monoisotopic (exact) mass is 404 g/mol. The van der Waals surface area contributed by atoms with E-state index in [-0.39, 0.29) is 10.7 Å². The fourth-order valence-electron chi connectivity index (χ4n) is 2.13. The summed E-state index contributed by atoms with van der Waals surface area (Å²) in [7, 11) is -4.01. The number of hydrogen-bond donors (Lipinski definition) is 1. The number of carboxylic acids is 1. The van der Waals surface area contributed by atoms with Crippen LogP contribution in [0, 0.1) is 0 Å². The lowest BCUT2D eigenvalue weighted by atomic mass is 10.1. The van der Waals surface area contributed by atoms with E-state index < -0.39 is 22.0 Å². The Bertz CT molecular complexity index is 949. The molecule has 0 spiro atoms. The van der Waals surface area contributed by atoms with E-state index in [0.717, 1.165) is 10.5 Å². The van der Waals surface area contributed by atoms with Crippen LogP contribution in [0.4, 0.5) is 0 Å². The van der Waals surface area contributed by atoms with Crippen LogP contribution in [-0.2, 0) is 14.8 Å². The van der Waals surface area contributed by atoms with Gasteiger partial charge in [-0.3, -0.25) is 4.79 Å². The molecule has 0 aromatic heterocycles. The number of hydrogen-bond acceptors (Lipinski definition) is 6. The molecule has 0 fully saturated rings. The van der Waals surface area contributed by atoms with Gasteiger partial charge in [0, 0.05) is 10.5 Å². The van der Waals surface area contributed by atoms with Gasteiger partial charge in [-0.25, -0.2) is 13.1 Å². The Morgan fingerprint density at radius 2 is 1.67 bits per heavy atom. The molecule has 1 atom stereocenters. The first-order valence-corrected chi connectivity index (χ1v) is 10.6. The van der Waals surface area contributed by atoms with Crippen LogP contribution in [0.2, 0.25) is 0 Å². The van der Waals surface area contributed by atoms with E-state index in [4.69, 9.17) is 0 Å². The molecule has 8 heteroatoms. The highest BCUT2D eigenvalue weighted by Gasteiger charge is 2.18. The van der Waals surface area contributed by atoms with Gasteiger partial charge in [0.1, 0.15) is 0 Å². The minimum absolute atomic E-state index is 0.135. The zero-order valence-electron chi connectivity index (χ0n) is 14.7. The molecule has 0 saturated heterocycles. The van der Waals surface area contributed by atoms with Crippen molar-refractivity contribution in [2.75, 3.05) is 6.26 Å². The van der Waals surface area contributed by atoms with Gasteiger partial charge in [0.15, 0.2) is 5.78 Å². The zero-order chi connectivity index (χ0) is 20.0. The molecule has 2 aromatic carbocycles. The number of thioether (sulfide) groups is 1. The summed E-state index contributed by atoms with van der Waals surface area (Å²) in [6.45, 7) is 1.17. The molecule has 27 heavy (non-hydrogen) atoms. The molecule has 6 nitrogen and oxygen atoms in total. The summed E-state index contributed by atoms with van der Waals surface area (Å²) in [6.07, 6.45) is 5.07. The van der Waals surface area contributed by atoms with E-state index in [0.29, 0.717) is 5.56 Å². The standard InChI is InChI=1S/C19H19NO5S2/c1-13(19(22)23)20-27(24,25)17-10-6-15(7-11-17)18(21)12-5-14-3-8-16(26-2)9-4-14/h3-13,20H,1-2H3,(H,22,23)/p-1/b12-5+/t13-/m0/s1. The van der Waals surface area contributed by atoms with Gasteiger partial charge in [-0.05, 0) is 61.2 Å². The Balaban J connectivity index is 2.10. The van der Waals surface area contributed by atoms with Gasteiger partial charge in [-0.1, -0.05) is 18.2 Å². The maximum Gasteiger partial charge on any atom is 0.241 e. The minimum atomic E-state index is -4.01. The quantitative estimate of drug-likeness (QED) is 0.408. The molecule has 0 radical (unpaired) electrons. The van der Waals surface area contributed by atoms with E-state index in [9.17, 15) is 23.1 Å². The Labute approximate surface area is 162 Å². The molecule has 0 heterocycles. The maximum atomic E-state index is 12.2. The van der Waals surface area contributed by atoms with Gasteiger partial charge in [0.2, 0.25) is 10.0 Å². The largest absolute Gasteiger partial charge is 0.548 e. The van der Waals surface area contributed by atoms with Crippen molar-refractivity contribution in [1.29, 1.82) is 0 Å². The molecule has 0 amide bonds. The Kier molecular flexibility index (Phi) is 6.95.